The van der Waals surface area contributed by atoms with Crippen molar-refractivity contribution >= 4 is 29.3 Å². The molecule has 1 heterocycles. The van der Waals surface area contributed by atoms with Crippen LogP contribution in [0.2, 0.25) is 5.02 Å². The van der Waals surface area contributed by atoms with Crippen LogP contribution in [0, 0.1) is 11.8 Å². The minimum absolute atomic E-state index is 0.0839. The van der Waals surface area contributed by atoms with Crippen molar-refractivity contribution in [3.05, 3.63) is 63.0 Å². The van der Waals surface area contributed by atoms with Crippen LogP contribution in [0.4, 0.5) is 10.5 Å². The molecule has 1 aliphatic rings. The Balaban J connectivity index is 1.66. The summed E-state index contributed by atoms with van der Waals surface area (Å²) < 4.78 is 5.32. The summed E-state index contributed by atoms with van der Waals surface area (Å²) in [4.78, 5) is 39.0. The average molecular weight is 518 g/mol. The maximum atomic E-state index is 12.4. The number of pyridine rings is 1. The van der Waals surface area contributed by atoms with Crippen LogP contribution in [-0.4, -0.2) is 35.7 Å². The summed E-state index contributed by atoms with van der Waals surface area (Å²) in [6.45, 7) is 7.10. The van der Waals surface area contributed by atoms with Gasteiger partial charge in [0.1, 0.15) is 11.2 Å². The van der Waals surface area contributed by atoms with E-state index in [4.69, 9.17) is 22.1 Å². The number of anilines is 1. The van der Waals surface area contributed by atoms with Gasteiger partial charge in [0.05, 0.1) is 5.69 Å². The van der Waals surface area contributed by atoms with Crippen LogP contribution in [0.5, 0.6) is 0 Å². The van der Waals surface area contributed by atoms with Crippen molar-refractivity contribution in [2.75, 3.05) is 18.1 Å². The molecule has 2 aromatic rings. The zero-order chi connectivity index (χ0) is 26.3. The summed E-state index contributed by atoms with van der Waals surface area (Å²) in [5.41, 5.74) is 9.10. The minimum Gasteiger partial charge on any atom is -0.444 e. The van der Waals surface area contributed by atoms with Crippen LogP contribution < -0.4 is 27.0 Å². The van der Waals surface area contributed by atoms with E-state index in [0.29, 0.717) is 42.2 Å². The summed E-state index contributed by atoms with van der Waals surface area (Å²) in [5.74, 6) is -0.0890. The third-order valence-electron chi connectivity index (χ3n) is 6.24. The smallest absolute Gasteiger partial charge is 0.407 e. The van der Waals surface area contributed by atoms with Crippen molar-refractivity contribution in [2.45, 2.75) is 58.6 Å². The second-order valence-electron chi connectivity index (χ2n) is 10.2. The number of ether oxygens (including phenoxy) is 1. The maximum absolute atomic E-state index is 12.4. The van der Waals surface area contributed by atoms with Gasteiger partial charge in [0, 0.05) is 30.9 Å². The summed E-state index contributed by atoms with van der Waals surface area (Å²) in [5, 5.41) is 5.34. The highest BCUT2D eigenvalue weighted by atomic mass is 35.5. The van der Waals surface area contributed by atoms with E-state index in [0.717, 1.165) is 31.2 Å². The number of hydrazine groups is 1. The Morgan fingerprint density at radius 1 is 1.14 bits per heavy atom. The lowest BCUT2D eigenvalue weighted by atomic mass is 9.82. The number of amides is 2. The van der Waals surface area contributed by atoms with Crippen molar-refractivity contribution in [1.82, 2.24) is 15.7 Å². The summed E-state index contributed by atoms with van der Waals surface area (Å²) in [7, 11) is 0. The van der Waals surface area contributed by atoms with E-state index in [1.165, 1.54) is 6.20 Å². The molecular weight excluding hydrogens is 482 g/mol. The van der Waals surface area contributed by atoms with Gasteiger partial charge in [0.15, 0.2) is 0 Å². The fraction of sp³-hybridized carbons (Fsp3) is 0.500. The number of hydrogen-bond acceptors (Lipinski definition) is 6. The van der Waals surface area contributed by atoms with E-state index in [9.17, 15) is 14.4 Å². The number of primary amides is 1. The van der Waals surface area contributed by atoms with Crippen molar-refractivity contribution in [1.29, 1.82) is 0 Å². The predicted octanol–water partition coefficient (Wildman–Crippen LogP) is 3.97. The van der Waals surface area contributed by atoms with Gasteiger partial charge in [0.25, 0.3) is 11.5 Å². The van der Waals surface area contributed by atoms with Crippen LogP contribution in [0.15, 0.2) is 41.3 Å². The van der Waals surface area contributed by atoms with E-state index >= 15 is 0 Å². The molecule has 1 aromatic carbocycles. The Hall–Kier alpha value is -3.04. The molecule has 2 amide bonds. The third-order valence-corrected chi connectivity index (χ3v) is 6.60. The van der Waals surface area contributed by atoms with Gasteiger partial charge >= 0.3 is 6.09 Å². The number of aromatic nitrogens is 1. The SMILES string of the molecule is CC(C)(C)OC(=O)NCC1CCC(CN(NCc2ccccc2Cl)c2cc[nH]c(=O)c2C(N)=O)CC1. The first-order valence-electron chi connectivity index (χ1n) is 12.3. The van der Waals surface area contributed by atoms with Crippen LogP contribution in [0.1, 0.15) is 62.4 Å². The van der Waals surface area contributed by atoms with Crippen molar-refractivity contribution in [3.8, 4) is 0 Å². The van der Waals surface area contributed by atoms with Gasteiger partial charge < -0.3 is 25.8 Å². The van der Waals surface area contributed by atoms with E-state index in [-0.39, 0.29) is 5.56 Å². The number of aromatic amines is 1. The molecule has 3 rings (SSSR count). The molecule has 1 aromatic heterocycles. The molecule has 0 unspecified atom stereocenters. The van der Waals surface area contributed by atoms with Crippen molar-refractivity contribution < 1.29 is 14.3 Å². The second-order valence-corrected chi connectivity index (χ2v) is 10.6. The molecule has 0 aliphatic heterocycles. The van der Waals surface area contributed by atoms with E-state index in [1.54, 1.807) is 6.07 Å². The molecule has 1 aliphatic carbocycles. The standard InChI is InChI=1S/C26H36ClN5O4/c1-26(2,3)36-25(35)30-14-17-8-10-18(11-9-17)16-32(31-15-19-6-4-5-7-20(19)27)21-12-13-29-24(34)22(21)23(28)33/h4-7,12-13,17-18,31H,8-11,14-16H2,1-3H3,(H2,28,33)(H,29,34)(H,30,35). The molecule has 0 radical (unpaired) electrons. The number of rotatable bonds is 9. The maximum Gasteiger partial charge on any atom is 0.407 e. The van der Waals surface area contributed by atoms with Crippen LogP contribution in [0.25, 0.3) is 0 Å². The quantitative estimate of drug-likeness (QED) is 0.372. The lowest BCUT2D eigenvalue weighted by Crippen LogP contribution is -2.44. The predicted molar refractivity (Wildman–Crippen MR) is 141 cm³/mol. The van der Waals surface area contributed by atoms with Crippen molar-refractivity contribution in [3.63, 3.8) is 0 Å². The highest BCUT2D eigenvalue weighted by Gasteiger charge is 2.26. The normalized spacial score (nSPS) is 17.9. The van der Waals surface area contributed by atoms with Gasteiger partial charge in [-0.15, -0.1) is 0 Å². The summed E-state index contributed by atoms with van der Waals surface area (Å²) in [6.07, 6.45) is 4.91. The Bertz CT molecular complexity index is 1110. The lowest BCUT2D eigenvalue weighted by Gasteiger charge is -2.34. The fourth-order valence-electron chi connectivity index (χ4n) is 4.42. The van der Waals surface area contributed by atoms with Gasteiger partial charge in [-0.05, 0) is 76.0 Å². The molecule has 1 fully saturated rings. The number of H-pyrrole nitrogens is 1. The summed E-state index contributed by atoms with van der Waals surface area (Å²) in [6, 6.07) is 9.18. The van der Waals surface area contributed by atoms with Crippen molar-refractivity contribution in [2.24, 2.45) is 17.6 Å². The lowest BCUT2D eigenvalue weighted by molar-refractivity contribution is 0.0513. The molecule has 0 atom stereocenters. The summed E-state index contributed by atoms with van der Waals surface area (Å²) >= 11 is 6.33. The number of alkyl carbamates (subject to hydrolysis) is 1. The monoisotopic (exact) mass is 517 g/mol. The Labute approximate surface area is 216 Å². The molecule has 1 saturated carbocycles. The molecule has 0 spiro atoms. The highest BCUT2D eigenvalue weighted by molar-refractivity contribution is 6.31. The molecule has 9 nitrogen and oxygen atoms in total. The number of carbonyl (C=O) groups is 2. The number of halogens is 1. The average Bonchev–Trinajstić information content (AvgIpc) is 2.80. The van der Waals surface area contributed by atoms with Gasteiger partial charge in [0.2, 0.25) is 0 Å². The topological polar surface area (TPSA) is 130 Å². The number of nitrogens with one attached hydrogen (secondary N) is 3. The number of carbonyl (C=O) groups excluding carboxylic acids is 2. The number of nitrogens with two attached hydrogens (primary N) is 1. The molecule has 36 heavy (non-hydrogen) atoms. The zero-order valence-electron chi connectivity index (χ0n) is 21.1. The molecule has 10 heteroatoms. The first-order chi connectivity index (χ1) is 17.0. The first kappa shape index (κ1) is 27.5. The van der Waals surface area contributed by atoms with Gasteiger partial charge in [-0.1, -0.05) is 29.8 Å². The molecule has 5 N–H and O–H groups in total. The Morgan fingerprint density at radius 2 is 1.81 bits per heavy atom. The molecule has 0 saturated heterocycles. The number of nitrogens with zero attached hydrogens (tertiary/aromatic N) is 1. The van der Waals surface area contributed by atoms with Gasteiger partial charge in [-0.2, -0.15) is 0 Å². The Morgan fingerprint density at radius 3 is 2.44 bits per heavy atom. The van der Waals surface area contributed by atoms with Gasteiger partial charge in [-0.3, -0.25) is 9.59 Å². The molecule has 0 bridgehead atoms. The number of hydrogen-bond donors (Lipinski definition) is 4. The van der Waals surface area contributed by atoms with E-state index in [1.807, 2.05) is 50.0 Å². The molecular formula is C26H36ClN5O4. The van der Waals surface area contributed by atoms with E-state index in [2.05, 4.69) is 15.7 Å². The first-order valence-corrected chi connectivity index (χ1v) is 12.6. The van der Waals surface area contributed by atoms with Gasteiger partial charge in [-0.25, -0.2) is 10.2 Å². The Kier molecular flexibility index (Phi) is 9.39. The third kappa shape index (κ3) is 7.99. The van der Waals surface area contributed by atoms with Crippen LogP contribution >= 0.6 is 11.6 Å². The minimum atomic E-state index is -0.784. The number of benzene rings is 1. The fourth-order valence-corrected chi connectivity index (χ4v) is 4.62. The molecule has 196 valence electrons. The van der Waals surface area contributed by atoms with Crippen LogP contribution in [0.3, 0.4) is 0 Å². The zero-order valence-corrected chi connectivity index (χ0v) is 21.9. The second kappa shape index (κ2) is 12.3. The largest absolute Gasteiger partial charge is 0.444 e. The highest BCUT2D eigenvalue weighted by Crippen LogP contribution is 2.30. The van der Waals surface area contributed by atoms with E-state index < -0.39 is 23.2 Å². The van der Waals surface area contributed by atoms with Crippen LogP contribution in [-0.2, 0) is 11.3 Å².